The highest BCUT2D eigenvalue weighted by Crippen LogP contribution is 2.31. The van der Waals surface area contributed by atoms with Gasteiger partial charge in [-0.05, 0) is 37.6 Å². The van der Waals surface area contributed by atoms with Gasteiger partial charge in [0.05, 0.1) is 12.4 Å². The number of carbonyl (C=O) groups excluding carboxylic acids is 1. The summed E-state index contributed by atoms with van der Waals surface area (Å²) in [6.45, 7) is 4.20. The van der Waals surface area contributed by atoms with E-state index in [4.69, 9.17) is 16.3 Å². The van der Waals surface area contributed by atoms with Gasteiger partial charge in [-0.15, -0.1) is 10.2 Å². The number of methoxy groups -OCH3 is 1. The lowest BCUT2D eigenvalue weighted by molar-refractivity contribution is -0.120. The van der Waals surface area contributed by atoms with Crippen molar-refractivity contribution in [2.24, 2.45) is 0 Å². The number of para-hydroxylation sites is 1. The zero-order valence-electron chi connectivity index (χ0n) is 16.2. The van der Waals surface area contributed by atoms with Gasteiger partial charge in [0.25, 0.3) is 0 Å². The molecule has 1 heterocycles. The zero-order chi connectivity index (χ0) is 20.8. The lowest BCUT2D eigenvalue weighted by Gasteiger charge is -2.12. The molecule has 152 valence electrons. The highest BCUT2D eigenvalue weighted by atomic mass is 35.5. The van der Waals surface area contributed by atoms with Crippen molar-refractivity contribution < 1.29 is 9.53 Å². The van der Waals surface area contributed by atoms with Crippen molar-refractivity contribution in [2.45, 2.75) is 30.0 Å². The summed E-state index contributed by atoms with van der Waals surface area (Å²) in [6, 6.07) is 13.3. The van der Waals surface area contributed by atoms with Gasteiger partial charge in [0.15, 0.2) is 4.34 Å². The third-order valence-electron chi connectivity index (χ3n) is 4.12. The second-order valence-corrected chi connectivity index (χ2v) is 9.22. The Labute approximate surface area is 183 Å². The van der Waals surface area contributed by atoms with Gasteiger partial charge < -0.3 is 15.4 Å². The van der Waals surface area contributed by atoms with Crippen molar-refractivity contribution in [1.29, 1.82) is 0 Å². The van der Waals surface area contributed by atoms with Crippen LogP contribution in [0.25, 0.3) is 0 Å². The molecule has 6 nitrogen and oxygen atoms in total. The molecule has 0 spiro atoms. The minimum Gasteiger partial charge on any atom is -0.496 e. The SMILES string of the molecule is COc1ccccc1CNC(=O)C(C)Sc1nnc(Nc2ccc(C)c(Cl)c2)s1. The first-order valence-corrected chi connectivity index (χ1v) is 11.0. The molecule has 1 unspecified atom stereocenters. The Balaban J connectivity index is 1.54. The Bertz CT molecular complexity index is 996. The minimum atomic E-state index is -0.306. The fourth-order valence-electron chi connectivity index (χ4n) is 2.48. The highest BCUT2D eigenvalue weighted by molar-refractivity contribution is 8.02. The first kappa shape index (κ1) is 21.4. The number of halogens is 1. The molecular weight excluding hydrogens is 428 g/mol. The molecule has 0 aliphatic rings. The van der Waals surface area contributed by atoms with Gasteiger partial charge in [-0.2, -0.15) is 0 Å². The molecular formula is C20H21ClN4O2S2. The number of amides is 1. The van der Waals surface area contributed by atoms with E-state index in [0.29, 0.717) is 21.0 Å². The number of aryl methyl sites for hydroxylation is 1. The molecule has 29 heavy (non-hydrogen) atoms. The molecule has 1 amide bonds. The van der Waals surface area contributed by atoms with Crippen LogP contribution in [0.1, 0.15) is 18.1 Å². The van der Waals surface area contributed by atoms with Crippen molar-refractivity contribution >= 4 is 51.4 Å². The van der Waals surface area contributed by atoms with E-state index in [-0.39, 0.29) is 11.2 Å². The van der Waals surface area contributed by atoms with Crippen LogP contribution in [-0.2, 0) is 11.3 Å². The summed E-state index contributed by atoms with van der Waals surface area (Å²) in [6.07, 6.45) is 0. The van der Waals surface area contributed by atoms with E-state index in [1.54, 1.807) is 7.11 Å². The molecule has 0 bridgehead atoms. The number of hydrogen-bond acceptors (Lipinski definition) is 7. The van der Waals surface area contributed by atoms with E-state index < -0.39 is 0 Å². The van der Waals surface area contributed by atoms with Crippen molar-refractivity contribution in [3.05, 3.63) is 58.6 Å². The van der Waals surface area contributed by atoms with Crippen LogP contribution in [0.15, 0.2) is 46.8 Å². The number of carbonyl (C=O) groups is 1. The predicted molar refractivity (Wildman–Crippen MR) is 120 cm³/mol. The maximum atomic E-state index is 12.4. The van der Waals surface area contributed by atoms with E-state index in [2.05, 4.69) is 20.8 Å². The molecule has 9 heteroatoms. The smallest absolute Gasteiger partial charge is 0.233 e. The molecule has 2 aromatic carbocycles. The van der Waals surface area contributed by atoms with Crippen LogP contribution < -0.4 is 15.4 Å². The van der Waals surface area contributed by atoms with Crippen molar-refractivity contribution in [1.82, 2.24) is 15.5 Å². The maximum Gasteiger partial charge on any atom is 0.233 e. The first-order valence-electron chi connectivity index (χ1n) is 8.89. The Kier molecular flexibility index (Phi) is 7.35. The van der Waals surface area contributed by atoms with Crippen LogP contribution in [0, 0.1) is 6.92 Å². The lowest BCUT2D eigenvalue weighted by Crippen LogP contribution is -2.30. The van der Waals surface area contributed by atoms with E-state index in [0.717, 1.165) is 22.6 Å². The Morgan fingerprint density at radius 1 is 1.28 bits per heavy atom. The highest BCUT2D eigenvalue weighted by Gasteiger charge is 2.17. The molecule has 0 fully saturated rings. The van der Waals surface area contributed by atoms with E-state index >= 15 is 0 Å². The number of hydrogen-bond donors (Lipinski definition) is 2. The molecule has 1 atom stereocenters. The Morgan fingerprint density at radius 2 is 2.07 bits per heavy atom. The quantitative estimate of drug-likeness (QED) is 0.469. The topological polar surface area (TPSA) is 76.1 Å². The van der Waals surface area contributed by atoms with Crippen molar-refractivity contribution in [3.63, 3.8) is 0 Å². The number of thioether (sulfide) groups is 1. The number of aromatic nitrogens is 2. The van der Waals surface area contributed by atoms with Crippen LogP contribution in [-0.4, -0.2) is 28.5 Å². The van der Waals surface area contributed by atoms with Gasteiger partial charge >= 0.3 is 0 Å². The maximum absolute atomic E-state index is 12.4. The normalized spacial score (nSPS) is 11.7. The number of rotatable bonds is 8. The van der Waals surface area contributed by atoms with Crippen molar-refractivity contribution in [2.75, 3.05) is 12.4 Å². The van der Waals surface area contributed by atoms with E-state index in [9.17, 15) is 4.79 Å². The van der Waals surface area contributed by atoms with Crippen LogP contribution >= 0.6 is 34.7 Å². The third-order valence-corrected chi connectivity index (χ3v) is 6.55. The number of nitrogens with one attached hydrogen (secondary N) is 2. The Morgan fingerprint density at radius 3 is 2.83 bits per heavy atom. The third kappa shape index (κ3) is 5.85. The van der Waals surface area contributed by atoms with Gasteiger partial charge in [-0.3, -0.25) is 4.79 Å². The predicted octanol–water partition coefficient (Wildman–Crippen LogP) is 5.05. The molecule has 0 saturated carbocycles. The molecule has 0 radical (unpaired) electrons. The average molecular weight is 449 g/mol. The van der Waals surface area contributed by atoms with Crippen molar-refractivity contribution in [3.8, 4) is 5.75 Å². The minimum absolute atomic E-state index is 0.0732. The standard InChI is InChI=1S/C20H21ClN4O2S2/c1-12-8-9-15(10-16(12)21)23-19-24-25-20(29-19)28-13(2)18(26)22-11-14-6-4-5-7-17(14)27-3/h4-10,13H,11H2,1-3H3,(H,22,26)(H,23,24). The fraction of sp³-hybridized carbons (Fsp3) is 0.250. The molecule has 0 aliphatic carbocycles. The van der Waals surface area contributed by atoms with Gasteiger partial charge in [0.2, 0.25) is 11.0 Å². The Hall–Kier alpha value is -2.29. The monoisotopic (exact) mass is 448 g/mol. The summed E-state index contributed by atoms with van der Waals surface area (Å²) in [4.78, 5) is 12.4. The van der Waals surface area contributed by atoms with Crippen LogP contribution in [0.4, 0.5) is 10.8 Å². The van der Waals surface area contributed by atoms with Gasteiger partial charge in [-0.25, -0.2) is 0 Å². The van der Waals surface area contributed by atoms with Gasteiger partial charge in [-0.1, -0.05) is 59.0 Å². The average Bonchev–Trinajstić information content (AvgIpc) is 3.15. The largest absolute Gasteiger partial charge is 0.496 e. The molecule has 1 aromatic heterocycles. The second kappa shape index (κ2) is 9.96. The molecule has 3 rings (SSSR count). The van der Waals surface area contributed by atoms with E-state index in [1.807, 2.05) is 56.3 Å². The summed E-state index contributed by atoms with van der Waals surface area (Å²) in [5.74, 6) is 0.681. The zero-order valence-corrected chi connectivity index (χ0v) is 18.6. The number of nitrogens with zero attached hydrogens (tertiary/aromatic N) is 2. The van der Waals surface area contributed by atoms with Crippen LogP contribution in [0.5, 0.6) is 5.75 Å². The number of anilines is 2. The van der Waals surface area contributed by atoms with Crippen LogP contribution in [0.3, 0.4) is 0 Å². The summed E-state index contributed by atoms with van der Waals surface area (Å²) in [5, 5.41) is 15.4. The van der Waals surface area contributed by atoms with E-state index in [1.165, 1.54) is 23.1 Å². The molecule has 3 aromatic rings. The lowest BCUT2D eigenvalue weighted by atomic mass is 10.2. The summed E-state index contributed by atoms with van der Waals surface area (Å²) < 4.78 is 6.02. The summed E-state index contributed by atoms with van der Waals surface area (Å²) >= 11 is 8.91. The fourth-order valence-corrected chi connectivity index (χ4v) is 4.60. The summed E-state index contributed by atoms with van der Waals surface area (Å²) in [5.41, 5.74) is 2.79. The molecule has 0 aliphatic heterocycles. The molecule has 2 N–H and O–H groups in total. The summed E-state index contributed by atoms with van der Waals surface area (Å²) in [7, 11) is 1.62. The number of benzene rings is 2. The number of ether oxygens (including phenoxy) is 1. The van der Waals surface area contributed by atoms with Gasteiger partial charge in [0.1, 0.15) is 5.75 Å². The second-order valence-electron chi connectivity index (χ2n) is 6.25. The van der Waals surface area contributed by atoms with Crippen LogP contribution in [0.2, 0.25) is 5.02 Å². The van der Waals surface area contributed by atoms with Gasteiger partial charge in [0, 0.05) is 22.8 Å². The first-order chi connectivity index (χ1) is 14.0. The molecule has 0 saturated heterocycles.